The van der Waals surface area contributed by atoms with Crippen molar-refractivity contribution in [1.29, 1.82) is 0 Å². The number of benzene rings is 2. The maximum Gasteiger partial charge on any atom is 0.328 e. The van der Waals surface area contributed by atoms with Gasteiger partial charge in [0.05, 0.1) is 5.52 Å². The minimum absolute atomic E-state index is 0.125. The molecular weight excluding hydrogens is 476 g/mol. The number of aromatic nitrogens is 3. The normalized spacial score (nSPS) is 10.9. The van der Waals surface area contributed by atoms with Crippen LogP contribution in [0.3, 0.4) is 0 Å². The van der Waals surface area contributed by atoms with Crippen LogP contribution in [0.5, 0.6) is 5.75 Å². The number of amides is 1. The molecule has 0 saturated heterocycles. The Morgan fingerprint density at radius 1 is 1.06 bits per heavy atom. The van der Waals surface area contributed by atoms with Gasteiger partial charge in [-0.1, -0.05) is 22.9 Å². The molecule has 0 spiro atoms. The highest BCUT2D eigenvalue weighted by atomic mass is 79.9. The van der Waals surface area contributed by atoms with E-state index in [1.165, 1.54) is 0 Å². The molecule has 0 saturated carbocycles. The van der Waals surface area contributed by atoms with E-state index < -0.39 is 11.2 Å². The van der Waals surface area contributed by atoms with Gasteiger partial charge in [0.1, 0.15) is 11.3 Å². The molecule has 2 heterocycles. The summed E-state index contributed by atoms with van der Waals surface area (Å²) in [5.74, 6) is 0.275. The number of carbonyl (C=O) groups is 1. The molecule has 0 aliphatic carbocycles. The van der Waals surface area contributed by atoms with Crippen molar-refractivity contribution in [1.82, 2.24) is 14.5 Å². The molecular formula is C23H21BrN4O4. The average molecular weight is 497 g/mol. The Morgan fingerprint density at radius 2 is 1.78 bits per heavy atom. The monoisotopic (exact) mass is 496 g/mol. The number of carbonyl (C=O) groups excluding carboxylic acids is 1. The first-order chi connectivity index (χ1) is 15.4. The lowest BCUT2D eigenvalue weighted by Crippen LogP contribution is -2.29. The molecule has 4 rings (SSSR count). The number of H-pyrrole nitrogens is 2. The Hall–Kier alpha value is -3.59. The zero-order valence-corrected chi connectivity index (χ0v) is 18.9. The quantitative estimate of drug-likeness (QED) is 0.360. The fourth-order valence-corrected chi connectivity index (χ4v) is 3.64. The molecule has 0 aliphatic heterocycles. The lowest BCUT2D eigenvalue weighted by Gasteiger charge is -2.08. The van der Waals surface area contributed by atoms with E-state index in [0.717, 1.165) is 16.5 Å². The van der Waals surface area contributed by atoms with Crippen molar-refractivity contribution in [3.63, 3.8) is 0 Å². The van der Waals surface area contributed by atoms with Crippen LogP contribution < -0.4 is 21.3 Å². The van der Waals surface area contributed by atoms with Crippen LogP contribution in [0.4, 0.5) is 5.69 Å². The van der Waals surface area contributed by atoms with E-state index in [9.17, 15) is 14.4 Å². The lowest BCUT2D eigenvalue weighted by atomic mass is 10.1. The summed E-state index contributed by atoms with van der Waals surface area (Å²) in [6.07, 6.45) is 0.767. The minimum atomic E-state index is -0.444. The molecule has 0 aliphatic rings. The largest absolute Gasteiger partial charge is 0.484 e. The second-order valence-corrected chi connectivity index (χ2v) is 8.14. The van der Waals surface area contributed by atoms with Crippen LogP contribution in [0.1, 0.15) is 13.3 Å². The predicted octanol–water partition coefficient (Wildman–Crippen LogP) is 3.87. The molecule has 4 aromatic rings. The summed E-state index contributed by atoms with van der Waals surface area (Å²) in [6.45, 7) is 2.35. The summed E-state index contributed by atoms with van der Waals surface area (Å²) in [6, 6.07) is 16.2. The van der Waals surface area contributed by atoms with E-state index >= 15 is 0 Å². The number of hydrogen-bond donors (Lipinski definition) is 3. The number of nitrogens with zero attached hydrogens (tertiary/aromatic N) is 1. The van der Waals surface area contributed by atoms with Gasteiger partial charge in [-0.05, 0) is 66.6 Å². The topological polar surface area (TPSA) is 109 Å². The van der Waals surface area contributed by atoms with Gasteiger partial charge in [0, 0.05) is 22.4 Å². The second-order valence-electron chi connectivity index (χ2n) is 7.22. The fourth-order valence-electron chi connectivity index (χ4n) is 3.38. The van der Waals surface area contributed by atoms with Crippen molar-refractivity contribution in [2.75, 3.05) is 11.9 Å². The molecule has 2 aromatic carbocycles. The van der Waals surface area contributed by atoms with Gasteiger partial charge in [-0.25, -0.2) is 4.79 Å². The summed E-state index contributed by atoms with van der Waals surface area (Å²) in [5.41, 5.74) is 2.29. The van der Waals surface area contributed by atoms with Crippen molar-refractivity contribution in [2.24, 2.45) is 0 Å². The van der Waals surface area contributed by atoms with Crippen LogP contribution in [-0.2, 0) is 11.3 Å². The zero-order valence-electron chi connectivity index (χ0n) is 17.3. The molecule has 164 valence electrons. The van der Waals surface area contributed by atoms with Crippen LogP contribution in [0.15, 0.2) is 68.7 Å². The Labute approximate surface area is 191 Å². The molecule has 1 amide bonds. The maximum absolute atomic E-state index is 12.2. The number of aromatic amines is 2. The van der Waals surface area contributed by atoms with Crippen LogP contribution in [0.2, 0.25) is 0 Å². The number of aryl methyl sites for hydroxylation is 1. The van der Waals surface area contributed by atoms with Gasteiger partial charge in [0.25, 0.3) is 11.5 Å². The van der Waals surface area contributed by atoms with Crippen LogP contribution in [0.25, 0.3) is 22.3 Å². The minimum Gasteiger partial charge on any atom is -0.484 e. The van der Waals surface area contributed by atoms with E-state index in [1.807, 2.05) is 31.2 Å². The van der Waals surface area contributed by atoms with Crippen molar-refractivity contribution >= 4 is 38.6 Å². The first-order valence-electron chi connectivity index (χ1n) is 10.1. The zero-order chi connectivity index (χ0) is 22.7. The third-order valence-electron chi connectivity index (χ3n) is 4.89. The first-order valence-corrected chi connectivity index (χ1v) is 10.9. The van der Waals surface area contributed by atoms with E-state index in [1.54, 1.807) is 34.9 Å². The van der Waals surface area contributed by atoms with Crippen LogP contribution >= 0.6 is 15.9 Å². The maximum atomic E-state index is 12.2. The predicted molar refractivity (Wildman–Crippen MR) is 127 cm³/mol. The summed E-state index contributed by atoms with van der Waals surface area (Å²) in [4.78, 5) is 41.9. The number of rotatable bonds is 7. The Morgan fingerprint density at radius 3 is 2.47 bits per heavy atom. The number of halogens is 1. The summed E-state index contributed by atoms with van der Waals surface area (Å²) in [5, 5.41) is 2.77. The van der Waals surface area contributed by atoms with Gasteiger partial charge in [-0.2, -0.15) is 0 Å². The van der Waals surface area contributed by atoms with Crippen molar-refractivity contribution in [3.8, 4) is 17.0 Å². The van der Waals surface area contributed by atoms with Crippen molar-refractivity contribution < 1.29 is 9.53 Å². The standard InChI is InChI=1S/C23H21BrN4O4/c1-2-11-28-19-12-18(26-21(19)22(30)27-23(28)31)14-3-9-17(10-4-14)32-13-20(29)25-16-7-5-15(24)6-8-16/h3-10,12,26H,2,11,13H2,1H3,(H,25,29)(H,27,30,31). The molecule has 8 nitrogen and oxygen atoms in total. The lowest BCUT2D eigenvalue weighted by molar-refractivity contribution is -0.118. The van der Waals surface area contributed by atoms with Gasteiger partial charge in [0.15, 0.2) is 6.61 Å². The number of hydrogen-bond acceptors (Lipinski definition) is 4. The first kappa shape index (κ1) is 21.6. The SMILES string of the molecule is CCCn1c(=O)[nH]c(=O)c2[nH]c(-c3ccc(OCC(=O)Nc4ccc(Br)cc4)cc3)cc21. The molecule has 0 unspecified atom stereocenters. The van der Waals surface area contributed by atoms with Crippen LogP contribution in [-0.4, -0.2) is 27.0 Å². The van der Waals surface area contributed by atoms with Gasteiger partial charge in [0.2, 0.25) is 0 Å². The van der Waals surface area contributed by atoms with Gasteiger partial charge >= 0.3 is 5.69 Å². The highest BCUT2D eigenvalue weighted by Gasteiger charge is 2.12. The summed E-state index contributed by atoms with van der Waals surface area (Å²) < 4.78 is 8.05. The highest BCUT2D eigenvalue weighted by Crippen LogP contribution is 2.24. The van der Waals surface area contributed by atoms with Gasteiger partial charge in [-0.3, -0.25) is 19.1 Å². The van der Waals surface area contributed by atoms with Crippen LogP contribution in [0, 0.1) is 0 Å². The average Bonchev–Trinajstić information content (AvgIpc) is 3.23. The smallest absolute Gasteiger partial charge is 0.328 e. The Balaban J connectivity index is 1.47. The van der Waals surface area contributed by atoms with E-state index in [4.69, 9.17) is 4.74 Å². The molecule has 3 N–H and O–H groups in total. The van der Waals surface area contributed by atoms with Crippen molar-refractivity contribution in [3.05, 3.63) is 79.9 Å². The number of fused-ring (bicyclic) bond motifs is 1. The molecule has 0 radical (unpaired) electrons. The van der Waals surface area contributed by atoms with E-state index in [0.29, 0.717) is 34.7 Å². The molecule has 0 bridgehead atoms. The van der Waals surface area contributed by atoms with E-state index in [2.05, 4.69) is 31.2 Å². The van der Waals surface area contributed by atoms with Crippen molar-refractivity contribution in [2.45, 2.75) is 19.9 Å². The number of anilines is 1. The molecule has 2 aromatic heterocycles. The third kappa shape index (κ3) is 4.67. The number of ether oxygens (including phenoxy) is 1. The second kappa shape index (κ2) is 9.27. The molecule has 9 heteroatoms. The number of nitrogens with one attached hydrogen (secondary N) is 3. The summed E-state index contributed by atoms with van der Waals surface area (Å²) in [7, 11) is 0. The third-order valence-corrected chi connectivity index (χ3v) is 5.42. The Kier molecular flexibility index (Phi) is 6.27. The molecule has 0 fully saturated rings. The summed E-state index contributed by atoms with van der Waals surface area (Å²) >= 11 is 3.35. The van der Waals surface area contributed by atoms with Gasteiger partial charge < -0.3 is 15.0 Å². The molecule has 32 heavy (non-hydrogen) atoms. The van der Waals surface area contributed by atoms with E-state index in [-0.39, 0.29) is 12.5 Å². The van der Waals surface area contributed by atoms with Gasteiger partial charge in [-0.15, -0.1) is 0 Å². The highest BCUT2D eigenvalue weighted by molar-refractivity contribution is 9.10. The molecule has 0 atom stereocenters. The Bertz CT molecular complexity index is 1370. The fraction of sp³-hybridized carbons (Fsp3) is 0.174.